The molecule has 1 rings (SSSR count). The lowest BCUT2D eigenvalue weighted by Gasteiger charge is -2.29. The smallest absolute Gasteiger partial charge is 0.211 e. The van der Waals surface area contributed by atoms with Gasteiger partial charge in [0.1, 0.15) is 0 Å². The number of rotatable bonds is 10. The minimum absolute atomic E-state index is 0.126. The summed E-state index contributed by atoms with van der Waals surface area (Å²) in [5.41, 5.74) is 0. The SMILES string of the molecule is CCCCS(=O)(=O)NCC(c1cccs1)N(CC)CC. The molecule has 0 amide bonds. The minimum Gasteiger partial charge on any atom is -0.295 e. The molecular formula is C14H26N2O2S2. The summed E-state index contributed by atoms with van der Waals surface area (Å²) in [5, 5.41) is 2.04. The molecule has 0 saturated carbocycles. The van der Waals surface area contributed by atoms with Crippen LogP contribution in [0.3, 0.4) is 0 Å². The normalized spacial score (nSPS) is 13.8. The molecule has 0 bridgehead atoms. The molecule has 1 heterocycles. The lowest BCUT2D eigenvalue weighted by molar-refractivity contribution is 0.223. The van der Waals surface area contributed by atoms with Crippen molar-refractivity contribution in [3.63, 3.8) is 0 Å². The molecule has 6 heteroatoms. The van der Waals surface area contributed by atoms with Crippen molar-refractivity contribution in [2.24, 2.45) is 0 Å². The molecule has 0 radical (unpaired) electrons. The zero-order valence-corrected chi connectivity index (χ0v) is 14.3. The Kier molecular flexibility index (Phi) is 7.72. The number of unbranched alkanes of at least 4 members (excludes halogenated alkanes) is 1. The van der Waals surface area contributed by atoms with Crippen LogP contribution in [0, 0.1) is 0 Å². The van der Waals surface area contributed by atoms with Gasteiger partial charge >= 0.3 is 0 Å². The van der Waals surface area contributed by atoms with Crippen molar-refractivity contribution in [2.75, 3.05) is 25.4 Å². The maximum atomic E-state index is 11.9. The minimum atomic E-state index is -3.15. The second-order valence-corrected chi connectivity index (χ2v) is 7.68. The van der Waals surface area contributed by atoms with E-state index in [2.05, 4.69) is 29.5 Å². The molecule has 0 aliphatic rings. The second kappa shape index (κ2) is 8.77. The summed E-state index contributed by atoms with van der Waals surface area (Å²) in [6.45, 7) is 8.49. The molecule has 116 valence electrons. The van der Waals surface area contributed by atoms with E-state index in [1.54, 1.807) is 11.3 Å². The summed E-state index contributed by atoms with van der Waals surface area (Å²) >= 11 is 1.68. The summed E-state index contributed by atoms with van der Waals surface area (Å²) < 4.78 is 26.6. The van der Waals surface area contributed by atoms with Crippen LogP contribution in [0.25, 0.3) is 0 Å². The van der Waals surface area contributed by atoms with Gasteiger partial charge in [-0.2, -0.15) is 0 Å². The Hall–Kier alpha value is -0.430. The highest BCUT2D eigenvalue weighted by atomic mass is 32.2. The molecule has 0 fully saturated rings. The predicted molar refractivity (Wildman–Crippen MR) is 86.7 cm³/mol. The van der Waals surface area contributed by atoms with E-state index in [9.17, 15) is 8.42 Å². The number of nitrogens with zero attached hydrogens (tertiary/aromatic N) is 1. The van der Waals surface area contributed by atoms with E-state index in [-0.39, 0.29) is 11.8 Å². The van der Waals surface area contributed by atoms with E-state index in [0.717, 1.165) is 19.5 Å². The van der Waals surface area contributed by atoms with Gasteiger partial charge in [0.15, 0.2) is 0 Å². The lowest BCUT2D eigenvalue weighted by atomic mass is 10.2. The summed E-state index contributed by atoms with van der Waals surface area (Å²) in [5.74, 6) is 0.221. The Morgan fingerprint density at radius 2 is 2.00 bits per heavy atom. The van der Waals surface area contributed by atoms with Crippen molar-refractivity contribution in [3.05, 3.63) is 22.4 Å². The van der Waals surface area contributed by atoms with E-state index in [1.165, 1.54) is 4.88 Å². The van der Waals surface area contributed by atoms with Gasteiger partial charge in [-0.3, -0.25) is 4.90 Å². The highest BCUT2D eigenvalue weighted by Crippen LogP contribution is 2.24. The molecule has 20 heavy (non-hydrogen) atoms. The Morgan fingerprint density at radius 1 is 1.30 bits per heavy atom. The van der Waals surface area contributed by atoms with Gasteiger partial charge in [0.05, 0.1) is 11.8 Å². The Labute approximate surface area is 127 Å². The first-order valence-electron chi connectivity index (χ1n) is 7.28. The van der Waals surface area contributed by atoms with Crippen LogP contribution in [0.1, 0.15) is 44.5 Å². The fourth-order valence-corrected chi connectivity index (χ4v) is 4.25. The highest BCUT2D eigenvalue weighted by Gasteiger charge is 2.21. The number of sulfonamides is 1. The van der Waals surface area contributed by atoms with Gasteiger partial charge in [-0.1, -0.05) is 33.3 Å². The third-order valence-electron chi connectivity index (χ3n) is 3.39. The molecule has 1 aromatic rings. The average molecular weight is 319 g/mol. The van der Waals surface area contributed by atoms with Gasteiger partial charge in [0, 0.05) is 11.4 Å². The van der Waals surface area contributed by atoms with E-state index in [1.807, 2.05) is 18.4 Å². The first kappa shape index (κ1) is 17.6. The zero-order chi connectivity index (χ0) is 15.0. The van der Waals surface area contributed by atoms with Gasteiger partial charge in [0.25, 0.3) is 0 Å². The standard InChI is InChI=1S/C14H26N2O2S2/c1-4-7-11-20(17,18)15-12-13(16(5-2)6-3)14-9-8-10-19-14/h8-10,13,15H,4-7,11-12H2,1-3H3. The van der Waals surface area contributed by atoms with Crippen molar-refractivity contribution in [2.45, 2.75) is 39.7 Å². The van der Waals surface area contributed by atoms with Crippen LogP contribution < -0.4 is 4.72 Å². The first-order chi connectivity index (χ1) is 9.54. The number of thiophene rings is 1. The summed E-state index contributed by atoms with van der Waals surface area (Å²) in [6.07, 6.45) is 1.61. The maximum Gasteiger partial charge on any atom is 0.211 e. The largest absolute Gasteiger partial charge is 0.295 e. The van der Waals surface area contributed by atoms with E-state index >= 15 is 0 Å². The second-order valence-electron chi connectivity index (χ2n) is 4.77. The fraction of sp³-hybridized carbons (Fsp3) is 0.714. The lowest BCUT2D eigenvalue weighted by Crippen LogP contribution is -2.38. The molecule has 4 nitrogen and oxygen atoms in total. The summed E-state index contributed by atoms with van der Waals surface area (Å²) in [4.78, 5) is 3.50. The highest BCUT2D eigenvalue weighted by molar-refractivity contribution is 7.89. The Morgan fingerprint density at radius 3 is 2.50 bits per heavy atom. The summed E-state index contributed by atoms with van der Waals surface area (Å²) in [6, 6.07) is 4.22. The number of likely N-dealkylation sites (N-methyl/N-ethyl adjacent to an activating group) is 1. The maximum absolute atomic E-state index is 11.9. The van der Waals surface area contributed by atoms with Crippen molar-refractivity contribution >= 4 is 21.4 Å². The van der Waals surface area contributed by atoms with E-state index < -0.39 is 10.0 Å². The molecule has 1 atom stereocenters. The monoisotopic (exact) mass is 318 g/mol. The average Bonchev–Trinajstić information content (AvgIpc) is 2.95. The van der Waals surface area contributed by atoms with Crippen LogP contribution >= 0.6 is 11.3 Å². The van der Waals surface area contributed by atoms with E-state index in [0.29, 0.717) is 13.0 Å². The molecular weight excluding hydrogens is 292 g/mol. The molecule has 0 aliphatic carbocycles. The third kappa shape index (κ3) is 5.52. The van der Waals surface area contributed by atoms with Crippen LogP contribution in [-0.4, -0.2) is 38.7 Å². The third-order valence-corrected chi connectivity index (χ3v) is 5.79. The Balaban J connectivity index is 2.71. The van der Waals surface area contributed by atoms with Crippen molar-refractivity contribution in [3.8, 4) is 0 Å². The van der Waals surface area contributed by atoms with Gasteiger partial charge in [-0.05, 0) is 31.0 Å². The van der Waals surface area contributed by atoms with Crippen LogP contribution in [0.2, 0.25) is 0 Å². The first-order valence-corrected chi connectivity index (χ1v) is 9.82. The van der Waals surface area contributed by atoms with Crippen LogP contribution in [0.15, 0.2) is 17.5 Å². The topological polar surface area (TPSA) is 49.4 Å². The molecule has 0 aromatic carbocycles. The molecule has 1 N–H and O–H groups in total. The number of hydrogen-bond donors (Lipinski definition) is 1. The van der Waals surface area contributed by atoms with Gasteiger partial charge < -0.3 is 0 Å². The quantitative estimate of drug-likeness (QED) is 0.721. The van der Waals surface area contributed by atoms with Crippen LogP contribution in [-0.2, 0) is 10.0 Å². The van der Waals surface area contributed by atoms with E-state index in [4.69, 9.17) is 0 Å². The van der Waals surface area contributed by atoms with Gasteiger partial charge in [0.2, 0.25) is 10.0 Å². The van der Waals surface area contributed by atoms with Crippen LogP contribution in [0.4, 0.5) is 0 Å². The number of hydrogen-bond acceptors (Lipinski definition) is 4. The van der Waals surface area contributed by atoms with Crippen molar-refractivity contribution in [1.82, 2.24) is 9.62 Å². The molecule has 1 unspecified atom stereocenters. The fourth-order valence-electron chi connectivity index (χ4n) is 2.17. The van der Waals surface area contributed by atoms with Gasteiger partial charge in [-0.15, -0.1) is 11.3 Å². The predicted octanol–water partition coefficient (Wildman–Crippen LogP) is 2.85. The molecule has 1 aromatic heterocycles. The summed E-state index contributed by atoms with van der Waals surface area (Å²) in [7, 11) is -3.15. The Bertz CT molecular complexity index is 454. The molecule has 0 spiro atoms. The van der Waals surface area contributed by atoms with Crippen LogP contribution in [0.5, 0.6) is 0 Å². The molecule has 0 aliphatic heterocycles. The van der Waals surface area contributed by atoms with Crippen molar-refractivity contribution < 1.29 is 8.42 Å². The zero-order valence-electron chi connectivity index (χ0n) is 12.6. The number of nitrogens with one attached hydrogen (secondary N) is 1. The van der Waals surface area contributed by atoms with Gasteiger partial charge in [-0.25, -0.2) is 13.1 Å². The molecule has 0 saturated heterocycles. The van der Waals surface area contributed by atoms with Crippen molar-refractivity contribution in [1.29, 1.82) is 0 Å².